The second-order valence-electron chi connectivity index (χ2n) is 10.3. The number of nitrogens with one attached hydrogen (secondary N) is 1. The standard InChI is InChI=1S/C35H36N4OS/c1-27-15-17-28(18-16-27)24-39(23-20-32(29-10-4-2-5-11-29)30-12-6-3-7-13-30)25-34-38-33(26-41-34)35(40)37-22-19-31-14-8-9-21-36-31/h2-18,21,26,32H,19-20,22-25H2,1H3,(H,37,40). The van der Waals surface area contributed by atoms with Crippen molar-refractivity contribution in [3.05, 3.63) is 153 Å². The average molecular weight is 561 g/mol. The van der Waals surface area contributed by atoms with Gasteiger partial charge in [-0.1, -0.05) is 96.6 Å². The Bertz CT molecular complexity index is 1450. The molecule has 0 aliphatic rings. The molecule has 0 spiro atoms. The van der Waals surface area contributed by atoms with E-state index in [2.05, 4.69) is 107 Å². The molecule has 2 aromatic heterocycles. The van der Waals surface area contributed by atoms with E-state index in [1.807, 2.05) is 23.6 Å². The van der Waals surface area contributed by atoms with Crippen LogP contribution in [0.2, 0.25) is 0 Å². The second kappa shape index (κ2) is 14.5. The predicted octanol–water partition coefficient (Wildman–Crippen LogP) is 7.04. The summed E-state index contributed by atoms with van der Waals surface area (Å²) in [4.78, 5) is 24.3. The molecule has 5 nitrogen and oxygen atoms in total. The van der Waals surface area contributed by atoms with Crippen LogP contribution in [0, 0.1) is 6.92 Å². The Morgan fingerprint density at radius 3 is 2.20 bits per heavy atom. The number of rotatable bonds is 13. The Kier molecular flexibility index (Phi) is 10.0. The normalized spacial score (nSPS) is 11.2. The maximum absolute atomic E-state index is 12.8. The fraction of sp³-hybridized carbons (Fsp3) is 0.229. The molecule has 3 aromatic carbocycles. The van der Waals surface area contributed by atoms with E-state index in [-0.39, 0.29) is 5.91 Å². The highest BCUT2D eigenvalue weighted by molar-refractivity contribution is 7.09. The van der Waals surface area contributed by atoms with Crippen LogP contribution in [0.4, 0.5) is 0 Å². The van der Waals surface area contributed by atoms with E-state index in [1.165, 1.54) is 22.3 Å². The Hall–Kier alpha value is -4.13. The Balaban J connectivity index is 1.27. The maximum Gasteiger partial charge on any atom is 0.270 e. The molecule has 0 aliphatic heterocycles. The van der Waals surface area contributed by atoms with Crippen LogP contribution in [0.3, 0.4) is 0 Å². The highest BCUT2D eigenvalue weighted by Gasteiger charge is 2.18. The lowest BCUT2D eigenvalue weighted by atomic mass is 9.88. The summed E-state index contributed by atoms with van der Waals surface area (Å²) in [6.07, 6.45) is 3.44. The zero-order valence-corrected chi connectivity index (χ0v) is 24.3. The van der Waals surface area contributed by atoms with Crippen LogP contribution in [0.1, 0.15) is 55.8 Å². The summed E-state index contributed by atoms with van der Waals surface area (Å²) in [5, 5.41) is 5.80. The van der Waals surface area contributed by atoms with Crippen LogP contribution >= 0.6 is 11.3 Å². The van der Waals surface area contributed by atoms with Gasteiger partial charge in [0.2, 0.25) is 0 Å². The molecular formula is C35H36N4OS. The number of carbonyl (C=O) groups is 1. The highest BCUT2D eigenvalue weighted by atomic mass is 32.1. The van der Waals surface area contributed by atoms with Crippen LogP contribution in [-0.2, 0) is 19.5 Å². The number of amides is 1. The smallest absolute Gasteiger partial charge is 0.270 e. The maximum atomic E-state index is 12.8. The van der Waals surface area contributed by atoms with Crippen molar-refractivity contribution >= 4 is 17.2 Å². The minimum absolute atomic E-state index is 0.137. The topological polar surface area (TPSA) is 58.1 Å². The Morgan fingerprint density at radius 1 is 0.854 bits per heavy atom. The lowest BCUT2D eigenvalue weighted by Gasteiger charge is -2.25. The Labute approximate surface area is 246 Å². The molecule has 1 N–H and O–H groups in total. The van der Waals surface area contributed by atoms with E-state index in [0.29, 0.717) is 31.1 Å². The lowest BCUT2D eigenvalue weighted by molar-refractivity contribution is 0.0949. The van der Waals surface area contributed by atoms with E-state index in [9.17, 15) is 4.79 Å². The molecule has 0 bridgehead atoms. The van der Waals surface area contributed by atoms with E-state index in [0.717, 1.165) is 30.2 Å². The molecule has 0 radical (unpaired) electrons. The zero-order chi connectivity index (χ0) is 28.3. The van der Waals surface area contributed by atoms with Crippen molar-refractivity contribution in [2.24, 2.45) is 0 Å². The summed E-state index contributed by atoms with van der Waals surface area (Å²) >= 11 is 1.55. The minimum atomic E-state index is -0.137. The van der Waals surface area contributed by atoms with E-state index in [4.69, 9.17) is 4.98 Å². The molecular weight excluding hydrogens is 524 g/mol. The van der Waals surface area contributed by atoms with Crippen molar-refractivity contribution in [3.63, 3.8) is 0 Å². The van der Waals surface area contributed by atoms with Crippen LogP contribution < -0.4 is 5.32 Å². The third kappa shape index (κ3) is 8.43. The number of benzene rings is 3. The van der Waals surface area contributed by atoms with Gasteiger partial charge in [0.25, 0.3) is 5.91 Å². The van der Waals surface area contributed by atoms with Gasteiger partial charge in [0, 0.05) is 42.7 Å². The fourth-order valence-electron chi connectivity index (χ4n) is 4.99. The molecule has 2 heterocycles. The number of thiazole rings is 1. The van der Waals surface area contributed by atoms with Gasteiger partial charge in [-0.25, -0.2) is 4.98 Å². The molecule has 5 rings (SSSR count). The summed E-state index contributed by atoms with van der Waals surface area (Å²) in [5.74, 6) is 0.163. The van der Waals surface area contributed by atoms with Crippen molar-refractivity contribution in [1.82, 2.24) is 20.2 Å². The number of nitrogens with zero attached hydrogens (tertiary/aromatic N) is 3. The number of hydrogen-bond donors (Lipinski definition) is 1. The third-order valence-corrected chi connectivity index (χ3v) is 8.03. The van der Waals surface area contributed by atoms with Crippen molar-refractivity contribution < 1.29 is 4.79 Å². The first-order valence-electron chi connectivity index (χ1n) is 14.1. The van der Waals surface area contributed by atoms with Crippen LogP contribution in [-0.4, -0.2) is 33.9 Å². The fourth-order valence-corrected chi connectivity index (χ4v) is 5.81. The summed E-state index contributed by atoms with van der Waals surface area (Å²) in [7, 11) is 0. The quantitative estimate of drug-likeness (QED) is 0.168. The average Bonchev–Trinajstić information content (AvgIpc) is 3.48. The van der Waals surface area contributed by atoms with Gasteiger partial charge in [-0.15, -0.1) is 11.3 Å². The molecule has 41 heavy (non-hydrogen) atoms. The molecule has 0 fully saturated rings. The molecule has 0 aliphatic carbocycles. The van der Waals surface area contributed by atoms with Gasteiger partial charge in [0.05, 0.1) is 6.54 Å². The van der Waals surface area contributed by atoms with Gasteiger partial charge in [-0.3, -0.25) is 14.7 Å². The molecule has 0 saturated heterocycles. The van der Waals surface area contributed by atoms with Gasteiger partial charge in [-0.05, 0) is 48.7 Å². The zero-order valence-electron chi connectivity index (χ0n) is 23.4. The molecule has 208 valence electrons. The van der Waals surface area contributed by atoms with Crippen molar-refractivity contribution in [1.29, 1.82) is 0 Å². The first-order valence-corrected chi connectivity index (χ1v) is 15.0. The van der Waals surface area contributed by atoms with Crippen LogP contribution in [0.5, 0.6) is 0 Å². The number of aryl methyl sites for hydroxylation is 1. The summed E-state index contributed by atoms with van der Waals surface area (Å²) in [6, 6.07) is 36.1. The van der Waals surface area contributed by atoms with Crippen molar-refractivity contribution in [3.8, 4) is 0 Å². The first-order chi connectivity index (χ1) is 20.1. The van der Waals surface area contributed by atoms with Gasteiger partial charge < -0.3 is 5.32 Å². The Morgan fingerprint density at radius 2 is 1.54 bits per heavy atom. The van der Waals surface area contributed by atoms with Crippen molar-refractivity contribution in [2.75, 3.05) is 13.1 Å². The summed E-state index contributed by atoms with van der Waals surface area (Å²) in [6.45, 7) is 5.05. The van der Waals surface area contributed by atoms with Gasteiger partial charge in [0.1, 0.15) is 10.7 Å². The first kappa shape index (κ1) is 28.4. The minimum Gasteiger partial charge on any atom is -0.350 e. The van der Waals surface area contributed by atoms with Gasteiger partial charge >= 0.3 is 0 Å². The number of aromatic nitrogens is 2. The van der Waals surface area contributed by atoms with E-state index in [1.54, 1.807) is 17.5 Å². The predicted molar refractivity (Wildman–Crippen MR) is 167 cm³/mol. The number of hydrogen-bond acceptors (Lipinski definition) is 5. The number of pyridine rings is 1. The SMILES string of the molecule is Cc1ccc(CN(CCC(c2ccccc2)c2ccccc2)Cc2nc(C(=O)NCCc3ccccn3)cs2)cc1. The lowest BCUT2D eigenvalue weighted by Crippen LogP contribution is -2.27. The molecule has 1 amide bonds. The van der Waals surface area contributed by atoms with E-state index < -0.39 is 0 Å². The molecule has 6 heteroatoms. The monoisotopic (exact) mass is 560 g/mol. The number of carbonyl (C=O) groups excluding carboxylic acids is 1. The van der Waals surface area contributed by atoms with E-state index >= 15 is 0 Å². The second-order valence-corrected chi connectivity index (χ2v) is 11.3. The molecule has 0 unspecified atom stereocenters. The summed E-state index contributed by atoms with van der Waals surface area (Å²) in [5.41, 5.74) is 6.62. The highest BCUT2D eigenvalue weighted by Crippen LogP contribution is 2.29. The largest absolute Gasteiger partial charge is 0.350 e. The molecule has 0 saturated carbocycles. The summed E-state index contributed by atoms with van der Waals surface area (Å²) < 4.78 is 0. The van der Waals surface area contributed by atoms with Crippen molar-refractivity contribution in [2.45, 2.75) is 38.8 Å². The third-order valence-electron chi connectivity index (χ3n) is 7.20. The van der Waals surface area contributed by atoms with Gasteiger partial charge in [-0.2, -0.15) is 0 Å². The van der Waals surface area contributed by atoms with Crippen LogP contribution in [0.15, 0.2) is 115 Å². The van der Waals surface area contributed by atoms with Crippen LogP contribution in [0.25, 0.3) is 0 Å². The molecule has 0 atom stereocenters. The molecule has 5 aromatic rings. The van der Waals surface area contributed by atoms with Gasteiger partial charge in [0.15, 0.2) is 0 Å².